The van der Waals surface area contributed by atoms with Gasteiger partial charge in [0.15, 0.2) is 0 Å². The Labute approximate surface area is 132 Å². The fourth-order valence-electron chi connectivity index (χ4n) is 1.96. The van der Waals surface area contributed by atoms with E-state index in [2.05, 4.69) is 9.82 Å². The normalized spacial score (nSPS) is 11.7. The standard InChI is InChI=1S/C13H15FN4O4S/c1-8-12(14)4-11(5-13(8)18(19)20)23(21,22)16-7-10-6-15-17(3)9(10)2/h4-6,16H,7H2,1-3H3. The Balaban J connectivity index is 2.33. The van der Waals surface area contributed by atoms with Crippen LogP contribution < -0.4 is 4.72 Å². The summed E-state index contributed by atoms with van der Waals surface area (Å²) in [7, 11) is -2.38. The van der Waals surface area contributed by atoms with Gasteiger partial charge in [-0.25, -0.2) is 17.5 Å². The largest absolute Gasteiger partial charge is 0.276 e. The van der Waals surface area contributed by atoms with Crippen molar-refractivity contribution in [2.75, 3.05) is 0 Å². The summed E-state index contributed by atoms with van der Waals surface area (Å²) in [5.74, 6) is -0.947. The Kier molecular flexibility index (Phi) is 4.48. The van der Waals surface area contributed by atoms with Crippen LogP contribution in [0.25, 0.3) is 0 Å². The first kappa shape index (κ1) is 17.0. The van der Waals surface area contributed by atoms with E-state index >= 15 is 0 Å². The third kappa shape index (κ3) is 3.37. The van der Waals surface area contributed by atoms with Gasteiger partial charge in [0.2, 0.25) is 10.0 Å². The molecule has 0 saturated heterocycles. The Morgan fingerprint density at radius 3 is 2.57 bits per heavy atom. The van der Waals surface area contributed by atoms with E-state index in [1.807, 2.05) is 0 Å². The fraction of sp³-hybridized carbons (Fsp3) is 0.308. The molecule has 124 valence electrons. The van der Waals surface area contributed by atoms with E-state index in [-0.39, 0.29) is 12.1 Å². The summed E-state index contributed by atoms with van der Waals surface area (Å²) in [6.07, 6.45) is 1.51. The summed E-state index contributed by atoms with van der Waals surface area (Å²) in [6.45, 7) is 2.94. The number of nitrogens with one attached hydrogen (secondary N) is 1. The molecule has 1 aromatic carbocycles. The molecular weight excluding hydrogens is 327 g/mol. The SMILES string of the molecule is Cc1c(F)cc(S(=O)(=O)NCc2cnn(C)c2C)cc1[N+](=O)[O-]. The lowest BCUT2D eigenvalue weighted by atomic mass is 10.2. The minimum absolute atomic E-state index is 0.0503. The van der Waals surface area contributed by atoms with E-state index in [9.17, 15) is 22.9 Å². The number of rotatable bonds is 5. The third-order valence-corrected chi connectivity index (χ3v) is 4.97. The second-order valence-corrected chi connectivity index (χ2v) is 6.78. The van der Waals surface area contributed by atoms with E-state index in [0.717, 1.165) is 17.8 Å². The van der Waals surface area contributed by atoms with Crippen molar-refractivity contribution in [3.63, 3.8) is 0 Å². The van der Waals surface area contributed by atoms with E-state index in [0.29, 0.717) is 5.56 Å². The molecule has 0 radical (unpaired) electrons. The molecule has 1 N–H and O–H groups in total. The summed E-state index contributed by atoms with van der Waals surface area (Å²) >= 11 is 0. The number of sulfonamides is 1. The van der Waals surface area contributed by atoms with Crippen LogP contribution in [0.4, 0.5) is 10.1 Å². The first-order chi connectivity index (χ1) is 10.6. The summed E-state index contributed by atoms with van der Waals surface area (Å²) < 4.78 is 42.1. The zero-order valence-corrected chi connectivity index (χ0v) is 13.5. The highest BCUT2D eigenvalue weighted by molar-refractivity contribution is 7.89. The monoisotopic (exact) mass is 342 g/mol. The van der Waals surface area contributed by atoms with Crippen molar-refractivity contribution in [1.29, 1.82) is 0 Å². The van der Waals surface area contributed by atoms with Gasteiger partial charge in [0, 0.05) is 30.9 Å². The zero-order valence-electron chi connectivity index (χ0n) is 12.7. The molecule has 10 heteroatoms. The van der Waals surface area contributed by atoms with Gasteiger partial charge in [-0.05, 0) is 19.9 Å². The predicted molar refractivity (Wildman–Crippen MR) is 79.8 cm³/mol. The second kappa shape index (κ2) is 6.05. The van der Waals surface area contributed by atoms with Crippen LogP contribution in [-0.4, -0.2) is 23.1 Å². The van der Waals surface area contributed by atoms with Gasteiger partial charge in [-0.2, -0.15) is 5.10 Å². The lowest BCUT2D eigenvalue weighted by Gasteiger charge is -2.08. The summed E-state index contributed by atoms with van der Waals surface area (Å²) in [4.78, 5) is 9.58. The van der Waals surface area contributed by atoms with Crippen molar-refractivity contribution in [3.05, 3.63) is 51.1 Å². The van der Waals surface area contributed by atoms with Crippen LogP contribution in [0.5, 0.6) is 0 Å². The molecule has 0 aliphatic heterocycles. The maximum atomic E-state index is 13.8. The van der Waals surface area contributed by atoms with E-state index in [1.54, 1.807) is 18.7 Å². The lowest BCUT2D eigenvalue weighted by molar-refractivity contribution is -0.385. The van der Waals surface area contributed by atoms with Gasteiger partial charge < -0.3 is 0 Å². The van der Waals surface area contributed by atoms with E-state index in [1.165, 1.54) is 13.1 Å². The summed E-state index contributed by atoms with van der Waals surface area (Å²) in [6, 6.07) is 1.61. The van der Waals surface area contributed by atoms with E-state index in [4.69, 9.17) is 0 Å². The molecule has 0 saturated carbocycles. The molecule has 0 spiro atoms. The van der Waals surface area contributed by atoms with Crippen molar-refractivity contribution in [2.24, 2.45) is 7.05 Å². The first-order valence-electron chi connectivity index (χ1n) is 6.55. The Hall–Kier alpha value is -2.33. The molecular formula is C13H15FN4O4S. The number of aromatic nitrogens is 2. The van der Waals surface area contributed by atoms with Crippen LogP contribution in [0.15, 0.2) is 23.2 Å². The molecule has 2 rings (SSSR count). The highest BCUT2D eigenvalue weighted by Crippen LogP contribution is 2.25. The van der Waals surface area contributed by atoms with Crippen molar-refractivity contribution in [3.8, 4) is 0 Å². The fourth-order valence-corrected chi connectivity index (χ4v) is 3.00. The zero-order chi connectivity index (χ0) is 17.4. The average Bonchev–Trinajstić information content (AvgIpc) is 2.79. The number of benzene rings is 1. The molecule has 0 amide bonds. The molecule has 0 aliphatic carbocycles. The maximum Gasteiger partial charge on any atom is 0.276 e. The van der Waals surface area contributed by atoms with Gasteiger partial charge >= 0.3 is 0 Å². The van der Waals surface area contributed by atoms with Crippen molar-refractivity contribution in [1.82, 2.24) is 14.5 Å². The van der Waals surface area contributed by atoms with Crippen molar-refractivity contribution >= 4 is 15.7 Å². The molecule has 0 fully saturated rings. The van der Waals surface area contributed by atoms with Gasteiger partial charge in [-0.1, -0.05) is 0 Å². The molecule has 23 heavy (non-hydrogen) atoms. The number of hydrogen-bond acceptors (Lipinski definition) is 5. The van der Waals surface area contributed by atoms with Gasteiger partial charge in [-0.15, -0.1) is 0 Å². The molecule has 8 nitrogen and oxygen atoms in total. The highest BCUT2D eigenvalue weighted by atomic mass is 32.2. The van der Waals surface area contributed by atoms with Crippen LogP contribution in [0.1, 0.15) is 16.8 Å². The molecule has 0 aliphatic rings. The molecule has 0 unspecified atom stereocenters. The number of halogens is 1. The quantitative estimate of drug-likeness (QED) is 0.655. The number of aryl methyl sites for hydroxylation is 1. The maximum absolute atomic E-state index is 13.8. The Bertz CT molecular complexity index is 876. The third-order valence-electron chi connectivity index (χ3n) is 3.59. The number of nitro benzene ring substituents is 1. The summed E-state index contributed by atoms with van der Waals surface area (Å²) in [5, 5.41) is 14.9. The first-order valence-corrected chi connectivity index (χ1v) is 8.03. The molecule has 1 heterocycles. The van der Waals surface area contributed by atoms with Crippen LogP contribution in [-0.2, 0) is 23.6 Å². The van der Waals surface area contributed by atoms with Crippen LogP contribution in [0, 0.1) is 29.8 Å². The minimum Gasteiger partial charge on any atom is -0.273 e. The van der Waals surface area contributed by atoms with Gasteiger partial charge in [0.25, 0.3) is 5.69 Å². The van der Waals surface area contributed by atoms with Crippen LogP contribution in [0.3, 0.4) is 0 Å². The topological polar surface area (TPSA) is 107 Å². The highest BCUT2D eigenvalue weighted by Gasteiger charge is 2.23. The number of nitrogens with zero attached hydrogens (tertiary/aromatic N) is 3. The lowest BCUT2D eigenvalue weighted by Crippen LogP contribution is -2.24. The Morgan fingerprint density at radius 1 is 1.39 bits per heavy atom. The summed E-state index contributed by atoms with van der Waals surface area (Å²) in [5.41, 5.74) is 0.631. The van der Waals surface area contributed by atoms with Gasteiger partial charge in [0.1, 0.15) is 5.82 Å². The minimum atomic E-state index is -4.09. The number of hydrogen-bond donors (Lipinski definition) is 1. The van der Waals surface area contributed by atoms with Gasteiger partial charge in [0.05, 0.1) is 21.6 Å². The second-order valence-electron chi connectivity index (χ2n) is 5.01. The van der Waals surface area contributed by atoms with Gasteiger partial charge in [-0.3, -0.25) is 14.8 Å². The predicted octanol–water partition coefficient (Wildman–Crippen LogP) is 1.56. The number of nitro groups is 1. The molecule has 0 bridgehead atoms. The smallest absolute Gasteiger partial charge is 0.273 e. The van der Waals surface area contributed by atoms with Crippen LogP contribution in [0.2, 0.25) is 0 Å². The van der Waals surface area contributed by atoms with Crippen LogP contribution >= 0.6 is 0 Å². The molecule has 0 atom stereocenters. The average molecular weight is 342 g/mol. The Morgan fingerprint density at radius 2 is 2.04 bits per heavy atom. The van der Waals surface area contributed by atoms with Crippen molar-refractivity contribution in [2.45, 2.75) is 25.3 Å². The van der Waals surface area contributed by atoms with E-state index < -0.39 is 31.3 Å². The molecule has 2 aromatic rings. The molecule has 1 aromatic heterocycles. The van der Waals surface area contributed by atoms with Crippen molar-refractivity contribution < 1.29 is 17.7 Å².